The van der Waals surface area contributed by atoms with Crippen LogP contribution in [0.2, 0.25) is 0 Å². The van der Waals surface area contributed by atoms with E-state index in [2.05, 4.69) is 22.5 Å². The summed E-state index contributed by atoms with van der Waals surface area (Å²) in [7, 11) is 5.29. The summed E-state index contributed by atoms with van der Waals surface area (Å²) in [6, 6.07) is 6.12. The summed E-state index contributed by atoms with van der Waals surface area (Å²) >= 11 is 0. The molecule has 1 N–H and O–H groups in total. The van der Waals surface area contributed by atoms with Gasteiger partial charge in [-0.3, -0.25) is 4.68 Å². The highest BCUT2D eigenvalue weighted by Gasteiger charge is 2.06. The van der Waals surface area contributed by atoms with Gasteiger partial charge < -0.3 is 14.8 Å². The second-order valence-corrected chi connectivity index (χ2v) is 4.70. The predicted octanol–water partition coefficient (Wildman–Crippen LogP) is 2.50. The molecule has 0 aliphatic rings. The van der Waals surface area contributed by atoms with E-state index >= 15 is 0 Å². The Morgan fingerprint density at radius 1 is 1.30 bits per heavy atom. The van der Waals surface area contributed by atoms with Crippen molar-refractivity contribution < 1.29 is 9.47 Å². The topological polar surface area (TPSA) is 48.3 Å². The number of anilines is 1. The van der Waals surface area contributed by atoms with Gasteiger partial charge in [-0.05, 0) is 24.6 Å². The lowest BCUT2D eigenvalue weighted by Crippen LogP contribution is -2.03. The van der Waals surface area contributed by atoms with E-state index in [9.17, 15) is 0 Å². The molecule has 2 aromatic rings. The Kier molecular flexibility index (Phi) is 4.63. The molecule has 0 aliphatic carbocycles. The van der Waals surface area contributed by atoms with E-state index in [-0.39, 0.29) is 0 Å². The first kappa shape index (κ1) is 14.4. The minimum absolute atomic E-state index is 0.545. The summed E-state index contributed by atoms with van der Waals surface area (Å²) in [5.74, 6) is 0.855. The molecule has 5 nitrogen and oxygen atoms in total. The first-order chi connectivity index (χ1) is 9.65. The lowest BCUT2D eigenvalue weighted by atomic mass is 10.1. The van der Waals surface area contributed by atoms with Gasteiger partial charge in [-0.25, -0.2) is 0 Å². The summed E-state index contributed by atoms with van der Waals surface area (Å²) in [6.07, 6.45) is 1.84. The maximum Gasteiger partial charge on any atom is 0.124 e. The number of aromatic nitrogens is 2. The van der Waals surface area contributed by atoms with Crippen molar-refractivity contribution in [2.24, 2.45) is 7.05 Å². The highest BCUT2D eigenvalue weighted by atomic mass is 16.5. The molecule has 108 valence electrons. The van der Waals surface area contributed by atoms with Gasteiger partial charge in [0.1, 0.15) is 5.75 Å². The summed E-state index contributed by atoms with van der Waals surface area (Å²) < 4.78 is 12.4. The zero-order chi connectivity index (χ0) is 14.5. The van der Waals surface area contributed by atoms with Crippen LogP contribution in [-0.4, -0.2) is 24.0 Å². The maximum absolute atomic E-state index is 5.32. The molecule has 1 aromatic heterocycles. The molecule has 1 aromatic carbocycles. The molecule has 0 aliphatic heterocycles. The van der Waals surface area contributed by atoms with Crippen molar-refractivity contribution in [1.82, 2.24) is 9.78 Å². The molecular weight excluding hydrogens is 254 g/mol. The number of hydrogen-bond acceptors (Lipinski definition) is 4. The third-order valence-electron chi connectivity index (χ3n) is 3.36. The molecule has 0 amide bonds. The maximum atomic E-state index is 5.32. The third kappa shape index (κ3) is 3.11. The Balaban J connectivity index is 2.09. The van der Waals surface area contributed by atoms with E-state index < -0.39 is 0 Å². The number of benzene rings is 1. The Morgan fingerprint density at radius 2 is 2.10 bits per heavy atom. The number of methoxy groups -OCH3 is 2. The van der Waals surface area contributed by atoms with Crippen LogP contribution in [0.25, 0.3) is 0 Å². The number of nitrogens with one attached hydrogen (secondary N) is 1. The second kappa shape index (κ2) is 6.43. The van der Waals surface area contributed by atoms with Gasteiger partial charge >= 0.3 is 0 Å². The highest BCUT2D eigenvalue weighted by molar-refractivity contribution is 5.47. The van der Waals surface area contributed by atoms with Crippen LogP contribution in [0.5, 0.6) is 5.75 Å². The lowest BCUT2D eigenvalue weighted by Gasteiger charge is -2.11. The largest absolute Gasteiger partial charge is 0.496 e. The first-order valence-electron chi connectivity index (χ1n) is 6.53. The molecule has 0 atom stereocenters. The molecule has 0 radical (unpaired) electrons. The zero-order valence-corrected chi connectivity index (χ0v) is 12.4. The van der Waals surface area contributed by atoms with Crippen LogP contribution in [-0.2, 0) is 24.9 Å². The van der Waals surface area contributed by atoms with Gasteiger partial charge in [-0.2, -0.15) is 5.10 Å². The highest BCUT2D eigenvalue weighted by Crippen LogP contribution is 2.21. The number of rotatable bonds is 6. The Hall–Kier alpha value is -2.01. The van der Waals surface area contributed by atoms with Crippen LogP contribution in [0.1, 0.15) is 16.8 Å². The van der Waals surface area contributed by atoms with Crippen LogP contribution >= 0.6 is 0 Å². The first-order valence-corrected chi connectivity index (χ1v) is 6.53. The minimum Gasteiger partial charge on any atom is -0.496 e. The fraction of sp³-hybridized carbons (Fsp3) is 0.400. The molecule has 20 heavy (non-hydrogen) atoms. The molecule has 5 heteroatoms. The smallest absolute Gasteiger partial charge is 0.124 e. The normalized spacial score (nSPS) is 10.6. The zero-order valence-electron chi connectivity index (χ0n) is 12.4. The molecule has 0 saturated heterocycles. The quantitative estimate of drug-likeness (QED) is 0.880. The van der Waals surface area contributed by atoms with Crippen LogP contribution in [0, 0.1) is 6.92 Å². The summed E-state index contributed by atoms with van der Waals surface area (Å²) in [4.78, 5) is 0. The summed E-state index contributed by atoms with van der Waals surface area (Å²) in [5, 5.41) is 7.61. The van der Waals surface area contributed by atoms with Gasteiger partial charge in [0.15, 0.2) is 0 Å². The second-order valence-electron chi connectivity index (χ2n) is 4.70. The van der Waals surface area contributed by atoms with E-state index in [1.54, 1.807) is 14.2 Å². The molecule has 2 rings (SSSR count). The fourth-order valence-electron chi connectivity index (χ4n) is 2.08. The molecule has 0 spiro atoms. The van der Waals surface area contributed by atoms with Crippen LogP contribution in [0.15, 0.2) is 24.4 Å². The molecule has 0 unspecified atom stereocenters. The van der Waals surface area contributed by atoms with E-state index in [0.717, 1.165) is 29.2 Å². The average Bonchev–Trinajstić information content (AvgIpc) is 2.77. The number of hydrogen-bond donors (Lipinski definition) is 1. The standard InChI is InChI=1S/C15H21N3O2/c1-11-14(9-17-18(11)2)16-8-12-5-6-15(20-4)13(7-12)10-19-3/h5-7,9,16H,8,10H2,1-4H3. The number of aryl methyl sites for hydroxylation is 1. The molecule has 1 heterocycles. The number of nitrogens with zero attached hydrogens (tertiary/aromatic N) is 2. The van der Waals surface area contributed by atoms with Gasteiger partial charge in [-0.1, -0.05) is 6.07 Å². The van der Waals surface area contributed by atoms with Crippen LogP contribution in [0.3, 0.4) is 0 Å². The average molecular weight is 275 g/mol. The van der Waals surface area contributed by atoms with Gasteiger partial charge in [0.05, 0.1) is 31.3 Å². The molecule has 0 fully saturated rings. The summed E-state index contributed by atoms with van der Waals surface area (Å²) in [6.45, 7) is 3.33. The van der Waals surface area contributed by atoms with Gasteiger partial charge in [0.25, 0.3) is 0 Å². The van der Waals surface area contributed by atoms with Crippen molar-refractivity contribution in [2.75, 3.05) is 19.5 Å². The van der Waals surface area contributed by atoms with Crippen molar-refractivity contribution >= 4 is 5.69 Å². The summed E-state index contributed by atoms with van der Waals surface area (Å²) in [5.41, 5.74) is 4.41. The van der Waals surface area contributed by atoms with Crippen molar-refractivity contribution in [3.63, 3.8) is 0 Å². The van der Waals surface area contributed by atoms with Gasteiger partial charge in [0, 0.05) is 26.3 Å². The van der Waals surface area contributed by atoms with E-state index in [1.165, 1.54) is 5.56 Å². The van der Waals surface area contributed by atoms with E-state index in [1.807, 2.05) is 30.9 Å². The molecule has 0 saturated carbocycles. The van der Waals surface area contributed by atoms with Crippen LogP contribution < -0.4 is 10.1 Å². The van der Waals surface area contributed by atoms with Gasteiger partial charge in [0.2, 0.25) is 0 Å². The fourth-order valence-corrected chi connectivity index (χ4v) is 2.08. The van der Waals surface area contributed by atoms with Crippen molar-refractivity contribution in [3.05, 3.63) is 41.2 Å². The van der Waals surface area contributed by atoms with E-state index in [4.69, 9.17) is 9.47 Å². The third-order valence-corrected chi connectivity index (χ3v) is 3.36. The Bertz CT molecular complexity index is 578. The van der Waals surface area contributed by atoms with Crippen molar-refractivity contribution in [3.8, 4) is 5.75 Å². The van der Waals surface area contributed by atoms with E-state index in [0.29, 0.717) is 6.61 Å². The SMILES string of the molecule is COCc1cc(CNc2cnn(C)c2C)ccc1OC. The molecule has 0 bridgehead atoms. The van der Waals surface area contributed by atoms with Crippen LogP contribution in [0.4, 0.5) is 5.69 Å². The minimum atomic E-state index is 0.545. The monoisotopic (exact) mass is 275 g/mol. The predicted molar refractivity (Wildman–Crippen MR) is 79.0 cm³/mol. The Labute approximate surface area is 119 Å². The number of ether oxygens (including phenoxy) is 2. The van der Waals surface area contributed by atoms with Crippen molar-refractivity contribution in [1.29, 1.82) is 0 Å². The van der Waals surface area contributed by atoms with Gasteiger partial charge in [-0.15, -0.1) is 0 Å². The lowest BCUT2D eigenvalue weighted by molar-refractivity contribution is 0.181. The van der Waals surface area contributed by atoms with Crippen molar-refractivity contribution in [2.45, 2.75) is 20.1 Å². The Morgan fingerprint density at radius 3 is 2.70 bits per heavy atom. The molecular formula is C15H21N3O2.